The zero-order chi connectivity index (χ0) is 17.5. The van der Waals surface area contributed by atoms with Crippen LogP contribution >= 0.6 is 0 Å². The van der Waals surface area contributed by atoms with Gasteiger partial charge in [0.1, 0.15) is 0 Å². The second-order valence-corrected chi connectivity index (χ2v) is 5.95. The van der Waals surface area contributed by atoms with Crippen molar-refractivity contribution in [2.24, 2.45) is 0 Å². The predicted molar refractivity (Wildman–Crippen MR) is 94.6 cm³/mol. The van der Waals surface area contributed by atoms with Crippen LogP contribution in [0.4, 0.5) is 0 Å². The van der Waals surface area contributed by atoms with E-state index in [0.29, 0.717) is 11.5 Å². The van der Waals surface area contributed by atoms with Crippen LogP contribution < -0.4 is 9.47 Å². The number of ether oxygens (including phenoxy) is 2. The van der Waals surface area contributed by atoms with Crippen LogP contribution in [-0.4, -0.2) is 60.6 Å². The number of benzene rings is 1. The number of methoxy groups -OCH3 is 1. The number of hydrogen-bond acceptors (Lipinski definition) is 5. The van der Waals surface area contributed by atoms with Crippen molar-refractivity contribution in [2.45, 2.75) is 6.54 Å². The lowest BCUT2D eigenvalue weighted by Gasteiger charge is -2.34. The number of nitrogens with zero attached hydrogens (tertiary/aromatic N) is 3. The van der Waals surface area contributed by atoms with E-state index in [2.05, 4.69) is 9.88 Å². The van der Waals surface area contributed by atoms with E-state index >= 15 is 0 Å². The maximum absolute atomic E-state index is 12.4. The van der Waals surface area contributed by atoms with Crippen molar-refractivity contribution in [2.75, 3.05) is 39.9 Å². The highest BCUT2D eigenvalue weighted by atomic mass is 16.5. The minimum absolute atomic E-state index is 0.00877. The molecule has 0 saturated carbocycles. The summed E-state index contributed by atoms with van der Waals surface area (Å²) < 4.78 is 10.9. The zero-order valence-corrected chi connectivity index (χ0v) is 14.4. The van der Waals surface area contributed by atoms with Gasteiger partial charge in [0.05, 0.1) is 7.11 Å². The molecule has 3 rings (SSSR count). The highest BCUT2D eigenvalue weighted by molar-refractivity contribution is 5.78. The summed E-state index contributed by atoms with van der Waals surface area (Å²) >= 11 is 0. The van der Waals surface area contributed by atoms with Crippen molar-refractivity contribution < 1.29 is 14.3 Å². The van der Waals surface area contributed by atoms with Crippen LogP contribution in [0.3, 0.4) is 0 Å². The molecule has 1 fully saturated rings. The summed E-state index contributed by atoms with van der Waals surface area (Å²) in [6, 6.07) is 11.4. The molecule has 0 N–H and O–H groups in total. The third-order valence-electron chi connectivity index (χ3n) is 4.30. The van der Waals surface area contributed by atoms with Gasteiger partial charge in [-0.15, -0.1) is 0 Å². The Hall–Kier alpha value is -2.60. The zero-order valence-electron chi connectivity index (χ0n) is 14.4. The van der Waals surface area contributed by atoms with Crippen LogP contribution in [0.5, 0.6) is 11.5 Å². The number of hydrogen-bond donors (Lipinski definition) is 0. The van der Waals surface area contributed by atoms with Gasteiger partial charge in [0, 0.05) is 45.1 Å². The van der Waals surface area contributed by atoms with E-state index in [1.807, 2.05) is 47.6 Å². The van der Waals surface area contributed by atoms with Crippen molar-refractivity contribution >= 4 is 5.91 Å². The van der Waals surface area contributed by atoms with Crippen molar-refractivity contribution in [3.8, 4) is 11.5 Å². The highest BCUT2D eigenvalue weighted by Crippen LogP contribution is 2.25. The Kier molecular flexibility index (Phi) is 5.85. The van der Waals surface area contributed by atoms with Crippen molar-refractivity contribution in [1.82, 2.24) is 14.8 Å². The van der Waals surface area contributed by atoms with E-state index in [9.17, 15) is 4.79 Å². The first kappa shape index (κ1) is 17.2. The number of rotatable bonds is 6. The molecule has 25 heavy (non-hydrogen) atoms. The number of carbonyl (C=O) groups is 1. The first-order valence-electron chi connectivity index (χ1n) is 8.41. The molecule has 0 unspecified atom stereocenters. The molecule has 2 aromatic rings. The molecular weight excluding hydrogens is 318 g/mol. The molecule has 1 amide bonds. The minimum atomic E-state index is 0.00877. The first-order valence-corrected chi connectivity index (χ1v) is 8.41. The van der Waals surface area contributed by atoms with Crippen LogP contribution in [0, 0.1) is 0 Å². The smallest absolute Gasteiger partial charge is 0.260 e. The standard InChI is InChI=1S/C19H23N3O3/c1-24-17-4-2-3-5-18(17)25-15-19(23)22-12-10-21(11-13-22)14-16-6-8-20-9-7-16/h2-9H,10-15H2,1H3. The molecule has 1 aliphatic rings. The summed E-state index contributed by atoms with van der Waals surface area (Å²) in [4.78, 5) is 20.6. The fourth-order valence-corrected chi connectivity index (χ4v) is 2.87. The molecule has 1 aromatic carbocycles. The Morgan fingerprint density at radius 1 is 1.04 bits per heavy atom. The molecule has 0 atom stereocenters. The molecule has 0 aliphatic carbocycles. The Labute approximate surface area is 148 Å². The van der Waals surface area contributed by atoms with Gasteiger partial charge in [-0.25, -0.2) is 0 Å². The van der Waals surface area contributed by atoms with Gasteiger partial charge in [-0.05, 0) is 29.8 Å². The molecule has 1 aliphatic heterocycles. The molecule has 0 bridgehead atoms. The van der Waals surface area contributed by atoms with Gasteiger partial charge in [-0.3, -0.25) is 14.7 Å². The van der Waals surface area contributed by atoms with E-state index < -0.39 is 0 Å². The number of aromatic nitrogens is 1. The van der Waals surface area contributed by atoms with Gasteiger partial charge in [0.2, 0.25) is 0 Å². The fourth-order valence-electron chi connectivity index (χ4n) is 2.87. The van der Waals surface area contributed by atoms with E-state index in [4.69, 9.17) is 9.47 Å². The molecule has 2 heterocycles. The molecule has 1 saturated heterocycles. The molecular formula is C19H23N3O3. The van der Waals surface area contributed by atoms with Crippen LogP contribution in [0.25, 0.3) is 0 Å². The summed E-state index contributed by atoms with van der Waals surface area (Å²) in [6.45, 7) is 4.09. The minimum Gasteiger partial charge on any atom is -0.493 e. The average Bonchev–Trinajstić information content (AvgIpc) is 2.67. The topological polar surface area (TPSA) is 54.9 Å². The quantitative estimate of drug-likeness (QED) is 0.802. The summed E-state index contributed by atoms with van der Waals surface area (Å²) in [5, 5.41) is 0. The molecule has 1 aromatic heterocycles. The summed E-state index contributed by atoms with van der Waals surface area (Å²) in [7, 11) is 1.59. The van der Waals surface area contributed by atoms with Crippen molar-refractivity contribution in [3.63, 3.8) is 0 Å². The molecule has 0 spiro atoms. The number of amides is 1. The number of pyridine rings is 1. The van der Waals surface area contributed by atoms with Crippen molar-refractivity contribution in [3.05, 3.63) is 54.4 Å². The average molecular weight is 341 g/mol. The SMILES string of the molecule is COc1ccccc1OCC(=O)N1CCN(Cc2ccncc2)CC1. The van der Waals surface area contributed by atoms with Gasteiger partial charge < -0.3 is 14.4 Å². The number of carbonyl (C=O) groups excluding carboxylic acids is 1. The second-order valence-electron chi connectivity index (χ2n) is 5.95. The fraction of sp³-hybridized carbons (Fsp3) is 0.368. The molecule has 6 nitrogen and oxygen atoms in total. The van der Waals surface area contributed by atoms with Crippen molar-refractivity contribution in [1.29, 1.82) is 0 Å². The lowest BCUT2D eigenvalue weighted by atomic mass is 10.2. The van der Waals surface area contributed by atoms with Gasteiger partial charge in [-0.2, -0.15) is 0 Å². The Balaban J connectivity index is 1.45. The lowest BCUT2D eigenvalue weighted by Crippen LogP contribution is -2.49. The van der Waals surface area contributed by atoms with E-state index in [1.165, 1.54) is 5.56 Å². The Bertz CT molecular complexity index is 685. The predicted octanol–water partition coefficient (Wildman–Crippen LogP) is 1.81. The maximum Gasteiger partial charge on any atom is 0.260 e. The first-order chi connectivity index (χ1) is 12.3. The number of para-hydroxylation sites is 2. The van der Waals surface area contributed by atoms with Gasteiger partial charge in [0.25, 0.3) is 5.91 Å². The van der Waals surface area contributed by atoms with Gasteiger partial charge in [0.15, 0.2) is 18.1 Å². The Morgan fingerprint density at radius 3 is 2.40 bits per heavy atom. The molecule has 0 radical (unpaired) electrons. The third-order valence-corrected chi connectivity index (χ3v) is 4.30. The van der Waals surface area contributed by atoms with E-state index in [1.54, 1.807) is 13.2 Å². The van der Waals surface area contributed by atoms with E-state index in [0.717, 1.165) is 32.7 Å². The normalized spacial score (nSPS) is 15.0. The molecule has 6 heteroatoms. The van der Waals surface area contributed by atoms with Crippen LogP contribution in [0.2, 0.25) is 0 Å². The van der Waals surface area contributed by atoms with E-state index in [-0.39, 0.29) is 12.5 Å². The van der Waals surface area contributed by atoms with Crippen LogP contribution in [0.15, 0.2) is 48.8 Å². The highest BCUT2D eigenvalue weighted by Gasteiger charge is 2.21. The van der Waals surface area contributed by atoms with Crippen LogP contribution in [0.1, 0.15) is 5.56 Å². The van der Waals surface area contributed by atoms with Gasteiger partial charge in [-0.1, -0.05) is 12.1 Å². The number of piperazine rings is 1. The summed E-state index contributed by atoms with van der Waals surface area (Å²) in [5.41, 5.74) is 1.24. The largest absolute Gasteiger partial charge is 0.493 e. The summed E-state index contributed by atoms with van der Waals surface area (Å²) in [5.74, 6) is 1.24. The van der Waals surface area contributed by atoms with Crippen LogP contribution in [-0.2, 0) is 11.3 Å². The van der Waals surface area contributed by atoms with Gasteiger partial charge >= 0.3 is 0 Å². The summed E-state index contributed by atoms with van der Waals surface area (Å²) in [6.07, 6.45) is 3.62. The Morgan fingerprint density at radius 2 is 1.72 bits per heavy atom. The second kappa shape index (κ2) is 8.48. The maximum atomic E-state index is 12.4. The monoisotopic (exact) mass is 341 g/mol. The lowest BCUT2D eigenvalue weighted by molar-refractivity contribution is -0.135. The third kappa shape index (κ3) is 4.70. The molecule has 132 valence electrons.